The third-order valence-electron chi connectivity index (χ3n) is 3.44. The number of nitro benzene ring substituents is 1. The maximum absolute atomic E-state index is 11.9. The van der Waals surface area contributed by atoms with E-state index in [4.69, 9.17) is 4.42 Å². The number of non-ortho nitro benzene ring substituents is 1. The molecule has 0 bridgehead atoms. The highest BCUT2D eigenvalue weighted by atomic mass is 16.6. The molecule has 1 amide bonds. The zero-order chi connectivity index (χ0) is 15.5. The van der Waals surface area contributed by atoms with E-state index in [2.05, 4.69) is 16.2 Å². The predicted octanol–water partition coefficient (Wildman–Crippen LogP) is 1.48. The minimum atomic E-state index is -0.429. The van der Waals surface area contributed by atoms with Gasteiger partial charge in [-0.2, -0.15) is 0 Å². The van der Waals surface area contributed by atoms with Crippen molar-refractivity contribution in [3.05, 3.63) is 64.1 Å². The number of nitrogens with one attached hydrogen (secondary N) is 3. The summed E-state index contributed by atoms with van der Waals surface area (Å²) in [6, 6.07) is 9.52. The Morgan fingerprint density at radius 1 is 1.32 bits per heavy atom. The number of hydrogen-bond acceptors (Lipinski definition) is 6. The van der Waals surface area contributed by atoms with Gasteiger partial charge in [-0.05, 0) is 17.7 Å². The van der Waals surface area contributed by atoms with Crippen molar-refractivity contribution in [1.29, 1.82) is 0 Å². The SMILES string of the molecule is O=C(NC1CC(c2cccc([N+](=O)[O-])c2)NN1)c1ccco1. The van der Waals surface area contributed by atoms with Crippen molar-refractivity contribution in [2.24, 2.45) is 0 Å². The Balaban J connectivity index is 1.64. The Hall–Kier alpha value is -2.71. The topological polar surface area (TPSA) is 109 Å². The molecule has 22 heavy (non-hydrogen) atoms. The van der Waals surface area contributed by atoms with E-state index in [9.17, 15) is 14.9 Å². The first-order chi connectivity index (χ1) is 10.6. The first-order valence-electron chi connectivity index (χ1n) is 6.73. The van der Waals surface area contributed by atoms with Crippen molar-refractivity contribution in [2.45, 2.75) is 18.6 Å². The van der Waals surface area contributed by atoms with Crippen LogP contribution in [0.4, 0.5) is 5.69 Å². The molecule has 1 saturated heterocycles. The van der Waals surface area contributed by atoms with Crippen LogP contribution in [0, 0.1) is 10.1 Å². The molecule has 2 atom stereocenters. The summed E-state index contributed by atoms with van der Waals surface area (Å²) >= 11 is 0. The lowest BCUT2D eigenvalue weighted by Gasteiger charge is -2.10. The molecule has 0 aliphatic carbocycles. The molecule has 2 aromatic rings. The van der Waals surface area contributed by atoms with Crippen LogP contribution in [0.15, 0.2) is 47.1 Å². The summed E-state index contributed by atoms with van der Waals surface area (Å²) in [6.45, 7) is 0. The van der Waals surface area contributed by atoms with Gasteiger partial charge in [0, 0.05) is 24.6 Å². The molecule has 8 nitrogen and oxygen atoms in total. The van der Waals surface area contributed by atoms with Crippen LogP contribution >= 0.6 is 0 Å². The number of nitrogens with zero attached hydrogens (tertiary/aromatic N) is 1. The van der Waals surface area contributed by atoms with Crippen LogP contribution in [0.5, 0.6) is 0 Å². The van der Waals surface area contributed by atoms with Gasteiger partial charge in [-0.1, -0.05) is 12.1 Å². The molecule has 1 aromatic heterocycles. The number of carbonyl (C=O) groups excluding carboxylic acids is 1. The van der Waals surface area contributed by atoms with Crippen LogP contribution in [0.1, 0.15) is 28.6 Å². The van der Waals surface area contributed by atoms with Crippen molar-refractivity contribution in [2.75, 3.05) is 0 Å². The maximum Gasteiger partial charge on any atom is 0.288 e. The molecule has 8 heteroatoms. The van der Waals surface area contributed by atoms with E-state index in [1.54, 1.807) is 18.2 Å². The van der Waals surface area contributed by atoms with Crippen molar-refractivity contribution in [3.63, 3.8) is 0 Å². The highest BCUT2D eigenvalue weighted by molar-refractivity contribution is 5.91. The molecule has 2 unspecified atom stereocenters. The van der Waals surface area contributed by atoms with Gasteiger partial charge in [-0.25, -0.2) is 10.9 Å². The van der Waals surface area contributed by atoms with Gasteiger partial charge in [0.1, 0.15) is 0 Å². The third kappa shape index (κ3) is 2.97. The summed E-state index contributed by atoms with van der Waals surface area (Å²) in [5.74, 6) is -0.0791. The van der Waals surface area contributed by atoms with E-state index >= 15 is 0 Å². The molecule has 1 aliphatic rings. The summed E-state index contributed by atoms with van der Waals surface area (Å²) in [6.07, 6.45) is 1.70. The van der Waals surface area contributed by atoms with Crippen molar-refractivity contribution in [3.8, 4) is 0 Å². The standard InChI is InChI=1S/C14H14N4O4/c19-14(12-5-2-6-22-12)15-13-8-11(16-17-13)9-3-1-4-10(7-9)18(20)21/h1-7,11,13,16-17H,8H2,(H,15,19). The van der Waals surface area contributed by atoms with Gasteiger partial charge >= 0.3 is 0 Å². The fraction of sp³-hybridized carbons (Fsp3) is 0.214. The highest BCUT2D eigenvalue weighted by Crippen LogP contribution is 2.24. The fourth-order valence-electron chi connectivity index (χ4n) is 2.36. The summed E-state index contributed by atoms with van der Waals surface area (Å²) in [5.41, 5.74) is 6.81. The predicted molar refractivity (Wildman–Crippen MR) is 76.7 cm³/mol. The normalized spacial score (nSPS) is 20.7. The van der Waals surface area contributed by atoms with Crippen LogP contribution in [0.25, 0.3) is 0 Å². The number of carbonyl (C=O) groups is 1. The van der Waals surface area contributed by atoms with Crippen LogP contribution in [-0.4, -0.2) is 17.0 Å². The maximum atomic E-state index is 11.9. The summed E-state index contributed by atoms with van der Waals surface area (Å²) < 4.78 is 5.02. The molecule has 1 aromatic carbocycles. The van der Waals surface area contributed by atoms with E-state index in [1.807, 2.05) is 6.07 Å². The minimum Gasteiger partial charge on any atom is -0.459 e. The highest BCUT2D eigenvalue weighted by Gasteiger charge is 2.27. The van der Waals surface area contributed by atoms with E-state index < -0.39 is 4.92 Å². The van der Waals surface area contributed by atoms with Crippen molar-refractivity contribution >= 4 is 11.6 Å². The Morgan fingerprint density at radius 2 is 2.18 bits per heavy atom. The lowest BCUT2D eigenvalue weighted by atomic mass is 10.0. The molecular formula is C14H14N4O4. The van der Waals surface area contributed by atoms with Crippen molar-refractivity contribution < 1.29 is 14.1 Å². The second kappa shape index (κ2) is 5.96. The molecule has 0 radical (unpaired) electrons. The number of rotatable bonds is 4. The van der Waals surface area contributed by atoms with Crippen molar-refractivity contribution in [1.82, 2.24) is 16.2 Å². The smallest absolute Gasteiger partial charge is 0.288 e. The molecule has 3 rings (SSSR count). The molecule has 114 valence electrons. The Morgan fingerprint density at radius 3 is 2.91 bits per heavy atom. The number of furan rings is 1. The average Bonchev–Trinajstić information content (AvgIpc) is 3.19. The molecule has 2 heterocycles. The van der Waals surface area contributed by atoms with Gasteiger partial charge < -0.3 is 9.73 Å². The van der Waals surface area contributed by atoms with E-state index in [1.165, 1.54) is 18.4 Å². The minimum absolute atomic E-state index is 0.0439. The Labute approximate surface area is 125 Å². The molecule has 1 aliphatic heterocycles. The monoisotopic (exact) mass is 302 g/mol. The second-order valence-corrected chi connectivity index (χ2v) is 4.93. The van der Waals surface area contributed by atoms with E-state index in [0.29, 0.717) is 6.42 Å². The van der Waals surface area contributed by atoms with Gasteiger partial charge in [-0.15, -0.1) is 0 Å². The largest absolute Gasteiger partial charge is 0.459 e. The van der Waals surface area contributed by atoms with Gasteiger partial charge in [0.05, 0.1) is 17.4 Å². The number of benzene rings is 1. The van der Waals surface area contributed by atoms with Gasteiger partial charge in [0.2, 0.25) is 0 Å². The number of nitro groups is 1. The Bertz CT molecular complexity index is 686. The molecule has 0 saturated carbocycles. The molecule has 1 fully saturated rings. The number of amides is 1. The van der Waals surface area contributed by atoms with Gasteiger partial charge in [-0.3, -0.25) is 14.9 Å². The van der Waals surface area contributed by atoms with Gasteiger partial charge in [0.15, 0.2) is 5.76 Å². The first kappa shape index (κ1) is 14.2. The third-order valence-corrected chi connectivity index (χ3v) is 3.44. The summed E-state index contributed by atoms with van der Waals surface area (Å²) in [5, 5.41) is 13.6. The summed E-state index contributed by atoms with van der Waals surface area (Å²) in [4.78, 5) is 22.3. The average molecular weight is 302 g/mol. The van der Waals surface area contributed by atoms with E-state index in [-0.39, 0.29) is 29.6 Å². The number of hydrogen-bond donors (Lipinski definition) is 3. The van der Waals surface area contributed by atoms with Gasteiger partial charge in [0.25, 0.3) is 11.6 Å². The second-order valence-electron chi connectivity index (χ2n) is 4.93. The van der Waals surface area contributed by atoms with Crippen LogP contribution in [0.3, 0.4) is 0 Å². The first-order valence-corrected chi connectivity index (χ1v) is 6.73. The summed E-state index contributed by atoms with van der Waals surface area (Å²) in [7, 11) is 0. The fourth-order valence-corrected chi connectivity index (χ4v) is 2.36. The van der Waals surface area contributed by atoms with Crippen LogP contribution in [0.2, 0.25) is 0 Å². The van der Waals surface area contributed by atoms with Crippen LogP contribution in [-0.2, 0) is 0 Å². The lowest BCUT2D eigenvalue weighted by molar-refractivity contribution is -0.384. The molecule has 3 N–H and O–H groups in total. The zero-order valence-corrected chi connectivity index (χ0v) is 11.5. The lowest BCUT2D eigenvalue weighted by Crippen LogP contribution is -2.44. The molecule has 0 spiro atoms. The van der Waals surface area contributed by atoms with E-state index in [0.717, 1.165) is 5.56 Å². The van der Waals surface area contributed by atoms with Crippen LogP contribution < -0.4 is 16.2 Å². The Kier molecular flexibility index (Phi) is 3.86. The zero-order valence-electron chi connectivity index (χ0n) is 11.5. The quantitative estimate of drug-likeness (QED) is 0.583. The number of hydrazine groups is 1. The molecular weight excluding hydrogens is 288 g/mol.